The van der Waals surface area contributed by atoms with E-state index in [2.05, 4.69) is 0 Å². The highest BCUT2D eigenvalue weighted by Crippen LogP contribution is 2.16. The number of rotatable bonds is 6. The lowest BCUT2D eigenvalue weighted by molar-refractivity contribution is -0.142. The zero-order chi connectivity index (χ0) is 17.8. The second-order valence-electron chi connectivity index (χ2n) is 5.76. The minimum atomic E-state index is -0.570. The first-order valence-corrected chi connectivity index (χ1v) is 8.84. The summed E-state index contributed by atoms with van der Waals surface area (Å²) in [7, 11) is 0. The third kappa shape index (κ3) is 4.11. The fourth-order valence-corrected chi connectivity index (χ4v) is 3.39. The summed E-state index contributed by atoms with van der Waals surface area (Å²) in [4.78, 5) is 40.0. The van der Waals surface area contributed by atoms with Gasteiger partial charge in [0.15, 0.2) is 0 Å². The molecule has 0 unspecified atom stereocenters. The number of barbiturate groups is 1. The molecule has 1 aromatic heterocycles. The molecule has 1 aromatic carbocycles. The molecule has 1 fully saturated rings. The number of imide groups is 2. The summed E-state index contributed by atoms with van der Waals surface area (Å²) in [6.07, 6.45) is 0.708. The minimum absolute atomic E-state index is 0.173. The van der Waals surface area contributed by atoms with E-state index in [1.54, 1.807) is 23.5 Å². The maximum Gasteiger partial charge on any atom is 0.333 e. The van der Waals surface area contributed by atoms with Crippen LogP contribution < -0.4 is 0 Å². The van der Waals surface area contributed by atoms with Crippen LogP contribution in [0.15, 0.2) is 41.8 Å². The molecule has 0 N–H and O–H groups in total. The van der Waals surface area contributed by atoms with E-state index in [0.717, 1.165) is 20.2 Å². The zero-order valence-corrected chi connectivity index (χ0v) is 14.3. The van der Waals surface area contributed by atoms with Gasteiger partial charge < -0.3 is 0 Å². The van der Waals surface area contributed by atoms with Crippen molar-refractivity contribution >= 4 is 29.2 Å². The van der Waals surface area contributed by atoms with Gasteiger partial charge in [-0.15, -0.1) is 11.3 Å². The van der Waals surface area contributed by atoms with Crippen LogP contribution in [-0.4, -0.2) is 40.7 Å². The molecule has 0 spiro atoms. The maximum atomic E-state index is 12.9. The normalized spacial score (nSPS) is 15.2. The second kappa shape index (κ2) is 7.57. The topological polar surface area (TPSA) is 57.7 Å². The Balaban J connectivity index is 1.63. The van der Waals surface area contributed by atoms with Crippen LogP contribution in [0.4, 0.5) is 9.18 Å². The summed E-state index contributed by atoms with van der Waals surface area (Å²) in [5.41, 5.74) is 0.823. The molecule has 7 heteroatoms. The van der Waals surface area contributed by atoms with E-state index in [0.29, 0.717) is 12.8 Å². The van der Waals surface area contributed by atoms with Crippen LogP contribution in [0.3, 0.4) is 0 Å². The molecule has 130 valence electrons. The highest BCUT2D eigenvalue weighted by Gasteiger charge is 2.37. The van der Waals surface area contributed by atoms with E-state index in [1.165, 1.54) is 12.1 Å². The Morgan fingerprint density at radius 1 is 0.920 bits per heavy atom. The minimum Gasteiger partial charge on any atom is -0.274 e. The first-order valence-electron chi connectivity index (χ1n) is 7.96. The fourth-order valence-electron chi connectivity index (χ4n) is 2.69. The first kappa shape index (κ1) is 17.3. The SMILES string of the molecule is O=C1CC(=O)N(CCc2cccs2)C(=O)N1CCc1ccc(F)cc1. The molecule has 1 aliphatic heterocycles. The zero-order valence-electron chi connectivity index (χ0n) is 13.5. The Hall–Kier alpha value is -2.54. The van der Waals surface area contributed by atoms with Gasteiger partial charge in [-0.3, -0.25) is 19.4 Å². The molecule has 0 atom stereocenters. The third-order valence-electron chi connectivity index (χ3n) is 4.07. The Labute approximate surface area is 148 Å². The summed E-state index contributed by atoms with van der Waals surface area (Å²) in [5, 5.41) is 1.94. The molecule has 0 bridgehead atoms. The molecule has 0 radical (unpaired) electrons. The summed E-state index contributed by atoms with van der Waals surface area (Å²) >= 11 is 1.56. The van der Waals surface area contributed by atoms with Gasteiger partial charge in [0.25, 0.3) is 0 Å². The Bertz CT molecular complexity index is 774. The first-order chi connectivity index (χ1) is 12.0. The summed E-state index contributed by atoms with van der Waals surface area (Å²) < 4.78 is 12.9. The molecule has 25 heavy (non-hydrogen) atoms. The smallest absolute Gasteiger partial charge is 0.274 e. The third-order valence-corrected chi connectivity index (χ3v) is 5.00. The van der Waals surface area contributed by atoms with Crippen LogP contribution in [0, 0.1) is 5.82 Å². The van der Waals surface area contributed by atoms with Crippen molar-refractivity contribution in [2.45, 2.75) is 19.3 Å². The number of amides is 4. The predicted octanol–water partition coefficient (Wildman–Crippen LogP) is 2.85. The number of carbonyl (C=O) groups excluding carboxylic acids is 3. The van der Waals surface area contributed by atoms with Gasteiger partial charge in [-0.1, -0.05) is 18.2 Å². The van der Waals surface area contributed by atoms with E-state index >= 15 is 0 Å². The monoisotopic (exact) mass is 360 g/mol. The van der Waals surface area contributed by atoms with Crippen molar-refractivity contribution in [2.75, 3.05) is 13.1 Å². The van der Waals surface area contributed by atoms with Crippen LogP contribution >= 0.6 is 11.3 Å². The van der Waals surface area contributed by atoms with E-state index in [-0.39, 0.29) is 25.3 Å². The van der Waals surface area contributed by atoms with Crippen molar-refractivity contribution in [1.82, 2.24) is 9.80 Å². The molecule has 3 rings (SSSR count). The van der Waals surface area contributed by atoms with Gasteiger partial charge >= 0.3 is 6.03 Å². The standard InChI is InChI=1S/C18H17FN2O3S/c19-14-5-3-13(4-6-14)7-9-20-16(22)12-17(23)21(18(20)24)10-8-15-2-1-11-25-15/h1-6,11H,7-10,12H2. The van der Waals surface area contributed by atoms with Gasteiger partial charge in [0.05, 0.1) is 0 Å². The average molecular weight is 360 g/mol. The van der Waals surface area contributed by atoms with E-state index < -0.39 is 17.8 Å². The van der Waals surface area contributed by atoms with Gasteiger partial charge in [0, 0.05) is 18.0 Å². The number of benzene rings is 1. The molecule has 0 saturated carbocycles. The van der Waals surface area contributed by atoms with Crippen LogP contribution in [0.25, 0.3) is 0 Å². The van der Waals surface area contributed by atoms with Crippen molar-refractivity contribution < 1.29 is 18.8 Å². The Kier molecular flexibility index (Phi) is 5.23. The maximum absolute atomic E-state index is 12.9. The molecule has 0 aliphatic carbocycles. The second-order valence-corrected chi connectivity index (χ2v) is 6.79. The molecule has 2 heterocycles. The van der Waals surface area contributed by atoms with Crippen molar-refractivity contribution in [3.05, 3.63) is 58.0 Å². The molecule has 4 amide bonds. The number of halogens is 1. The number of urea groups is 1. The van der Waals surface area contributed by atoms with Crippen molar-refractivity contribution in [3.63, 3.8) is 0 Å². The fraction of sp³-hybridized carbons (Fsp3) is 0.278. The predicted molar refractivity (Wildman–Crippen MR) is 91.6 cm³/mol. The Morgan fingerprint density at radius 2 is 1.56 bits per heavy atom. The number of hydrogen-bond acceptors (Lipinski definition) is 4. The highest BCUT2D eigenvalue weighted by molar-refractivity contribution is 7.09. The van der Waals surface area contributed by atoms with E-state index in [9.17, 15) is 18.8 Å². The number of carbonyl (C=O) groups is 3. The lowest BCUT2D eigenvalue weighted by atomic mass is 10.1. The lowest BCUT2D eigenvalue weighted by Crippen LogP contribution is -2.55. The van der Waals surface area contributed by atoms with Crippen molar-refractivity contribution in [3.8, 4) is 0 Å². The number of thiophene rings is 1. The van der Waals surface area contributed by atoms with Crippen LogP contribution in [0.2, 0.25) is 0 Å². The van der Waals surface area contributed by atoms with Gasteiger partial charge in [-0.2, -0.15) is 0 Å². The lowest BCUT2D eigenvalue weighted by Gasteiger charge is -2.32. The average Bonchev–Trinajstić information content (AvgIpc) is 3.09. The molecule has 1 aliphatic rings. The molecule has 2 aromatic rings. The van der Waals surface area contributed by atoms with Crippen molar-refractivity contribution in [2.24, 2.45) is 0 Å². The Morgan fingerprint density at radius 3 is 2.16 bits per heavy atom. The van der Waals surface area contributed by atoms with Crippen molar-refractivity contribution in [1.29, 1.82) is 0 Å². The molecule has 5 nitrogen and oxygen atoms in total. The molecular formula is C18H17FN2O3S. The van der Waals surface area contributed by atoms with Crippen LogP contribution in [0.1, 0.15) is 16.9 Å². The number of hydrogen-bond donors (Lipinski definition) is 0. The molecule has 1 saturated heterocycles. The number of nitrogens with zero attached hydrogens (tertiary/aromatic N) is 2. The van der Waals surface area contributed by atoms with E-state index in [1.807, 2.05) is 17.5 Å². The quantitative estimate of drug-likeness (QED) is 0.745. The highest BCUT2D eigenvalue weighted by atomic mass is 32.1. The summed E-state index contributed by atoms with van der Waals surface area (Å²) in [5.74, 6) is -1.27. The summed E-state index contributed by atoms with van der Waals surface area (Å²) in [6.45, 7) is 0.435. The van der Waals surface area contributed by atoms with Gasteiger partial charge in [-0.05, 0) is 42.0 Å². The van der Waals surface area contributed by atoms with E-state index in [4.69, 9.17) is 0 Å². The van der Waals surface area contributed by atoms with Crippen LogP contribution in [0.5, 0.6) is 0 Å². The largest absolute Gasteiger partial charge is 0.333 e. The van der Waals surface area contributed by atoms with Crippen LogP contribution in [-0.2, 0) is 22.4 Å². The van der Waals surface area contributed by atoms with Gasteiger partial charge in [0.1, 0.15) is 12.2 Å². The van der Waals surface area contributed by atoms with Gasteiger partial charge in [0.2, 0.25) is 11.8 Å². The summed E-state index contributed by atoms with van der Waals surface area (Å²) in [6, 6.07) is 9.21. The molecular weight excluding hydrogens is 343 g/mol. The van der Waals surface area contributed by atoms with Gasteiger partial charge in [-0.25, -0.2) is 9.18 Å².